The average molecular weight is 269 g/mol. The van der Waals surface area contributed by atoms with Crippen molar-refractivity contribution in [2.45, 2.75) is 38.3 Å². The lowest BCUT2D eigenvalue weighted by Crippen LogP contribution is -2.34. The topological polar surface area (TPSA) is 68.2 Å². The molecule has 5 nitrogen and oxygen atoms in total. The number of rotatable bonds is 1. The molecule has 0 spiro atoms. The molecule has 0 radical (unpaired) electrons. The van der Waals surface area contributed by atoms with E-state index in [4.69, 9.17) is 5.73 Å². The zero-order valence-corrected chi connectivity index (χ0v) is 11.4. The number of nitrogens with one attached hydrogen (secondary N) is 1. The van der Waals surface area contributed by atoms with E-state index < -0.39 is 0 Å². The van der Waals surface area contributed by atoms with E-state index in [1.165, 1.54) is 32.1 Å². The molecule has 3 N–H and O–H groups in total. The lowest BCUT2D eigenvalue weighted by molar-refractivity contribution is 0.259. The van der Waals surface area contributed by atoms with Gasteiger partial charge in [0.2, 0.25) is 5.95 Å². The molecular weight excluding hydrogens is 250 g/mol. The molecule has 1 saturated carbocycles. The third-order valence-electron chi connectivity index (χ3n) is 4.44. The number of fused-ring (bicyclic) bond motifs is 3. The number of nitrogens with zero attached hydrogens (tertiary/aromatic N) is 3. The van der Waals surface area contributed by atoms with Crippen molar-refractivity contribution in [3.63, 3.8) is 0 Å². The number of anilines is 1. The summed E-state index contributed by atoms with van der Waals surface area (Å²) < 4.78 is 2.22. The molecule has 1 atom stereocenters. The molecule has 2 aromatic rings. The summed E-state index contributed by atoms with van der Waals surface area (Å²) in [7, 11) is 0. The van der Waals surface area contributed by atoms with Crippen LogP contribution in [0.5, 0.6) is 0 Å². The predicted molar refractivity (Wildman–Crippen MR) is 80.6 cm³/mol. The van der Waals surface area contributed by atoms with Crippen molar-refractivity contribution in [3.05, 3.63) is 24.3 Å². The minimum atomic E-state index is 0.0962. The molecule has 1 aromatic carbocycles. The predicted octanol–water partition coefficient (Wildman–Crippen LogP) is 2.86. The smallest absolute Gasteiger partial charge is 0.212 e. The maximum Gasteiger partial charge on any atom is 0.212 e. The van der Waals surface area contributed by atoms with E-state index in [1.807, 2.05) is 12.1 Å². The first-order valence-corrected chi connectivity index (χ1v) is 7.40. The molecule has 0 saturated heterocycles. The molecule has 0 bridgehead atoms. The highest BCUT2D eigenvalue weighted by atomic mass is 15.4. The Morgan fingerprint density at radius 2 is 1.95 bits per heavy atom. The minimum Gasteiger partial charge on any atom is -0.370 e. The summed E-state index contributed by atoms with van der Waals surface area (Å²) in [5, 5.41) is 3.10. The number of aromatic nitrogens is 2. The van der Waals surface area contributed by atoms with Crippen LogP contribution in [0.25, 0.3) is 11.0 Å². The molecule has 1 aliphatic carbocycles. The maximum atomic E-state index is 5.95. The second-order valence-corrected chi connectivity index (χ2v) is 5.75. The second-order valence-electron chi connectivity index (χ2n) is 5.75. The fourth-order valence-corrected chi connectivity index (χ4v) is 3.50. The van der Waals surface area contributed by atoms with E-state index in [9.17, 15) is 0 Å². The lowest BCUT2D eigenvalue weighted by atomic mass is 9.87. The summed E-state index contributed by atoms with van der Waals surface area (Å²) in [6, 6.07) is 8.22. The maximum absolute atomic E-state index is 5.95. The zero-order chi connectivity index (χ0) is 13.5. The Kier molecular flexibility index (Phi) is 2.65. The van der Waals surface area contributed by atoms with Gasteiger partial charge in [0, 0.05) is 5.92 Å². The number of hydrogen-bond acceptors (Lipinski definition) is 4. The number of benzene rings is 1. The van der Waals surface area contributed by atoms with Crippen molar-refractivity contribution in [2.24, 2.45) is 16.6 Å². The van der Waals surface area contributed by atoms with Gasteiger partial charge in [0.1, 0.15) is 6.17 Å². The summed E-state index contributed by atoms with van der Waals surface area (Å²) in [5.74, 6) is 1.89. The number of imidazole rings is 1. The zero-order valence-electron chi connectivity index (χ0n) is 11.4. The second kappa shape index (κ2) is 4.51. The number of para-hydroxylation sites is 2. The summed E-state index contributed by atoms with van der Waals surface area (Å²) in [5.41, 5.74) is 8.10. The van der Waals surface area contributed by atoms with Crippen LogP contribution in [0, 0.1) is 5.92 Å². The molecule has 4 rings (SSSR count). The SMILES string of the molecule is NC1=NC(C2CCCCC2)n2c(nc3ccccc32)N1. The Morgan fingerprint density at radius 1 is 1.15 bits per heavy atom. The molecule has 1 aromatic heterocycles. The fraction of sp³-hybridized carbons (Fsp3) is 0.467. The highest BCUT2D eigenvalue weighted by Gasteiger charge is 2.31. The van der Waals surface area contributed by atoms with Crippen molar-refractivity contribution in [2.75, 3.05) is 5.32 Å². The van der Waals surface area contributed by atoms with Gasteiger partial charge < -0.3 is 5.73 Å². The lowest BCUT2D eigenvalue weighted by Gasteiger charge is -2.32. The van der Waals surface area contributed by atoms with Gasteiger partial charge in [-0.15, -0.1) is 0 Å². The van der Waals surface area contributed by atoms with E-state index in [0.29, 0.717) is 11.9 Å². The summed E-state index contributed by atoms with van der Waals surface area (Å²) in [6.07, 6.45) is 6.50. The van der Waals surface area contributed by atoms with E-state index in [0.717, 1.165) is 17.0 Å². The van der Waals surface area contributed by atoms with Crippen molar-refractivity contribution in [1.82, 2.24) is 9.55 Å². The summed E-state index contributed by atoms with van der Waals surface area (Å²) in [4.78, 5) is 9.32. The highest BCUT2D eigenvalue weighted by Crippen LogP contribution is 2.38. The van der Waals surface area contributed by atoms with Crippen molar-refractivity contribution >= 4 is 22.9 Å². The molecule has 104 valence electrons. The van der Waals surface area contributed by atoms with Crippen LogP contribution in [0.3, 0.4) is 0 Å². The van der Waals surface area contributed by atoms with Crippen LogP contribution >= 0.6 is 0 Å². The third-order valence-corrected chi connectivity index (χ3v) is 4.44. The van der Waals surface area contributed by atoms with Gasteiger partial charge in [-0.25, -0.2) is 9.98 Å². The first kappa shape index (κ1) is 11.8. The molecule has 1 fully saturated rings. The van der Waals surface area contributed by atoms with Gasteiger partial charge in [0.05, 0.1) is 11.0 Å². The van der Waals surface area contributed by atoms with Gasteiger partial charge in [-0.1, -0.05) is 31.4 Å². The van der Waals surface area contributed by atoms with Crippen molar-refractivity contribution < 1.29 is 0 Å². The van der Waals surface area contributed by atoms with Crippen LogP contribution < -0.4 is 11.1 Å². The Morgan fingerprint density at radius 3 is 2.80 bits per heavy atom. The number of hydrogen-bond donors (Lipinski definition) is 2. The van der Waals surface area contributed by atoms with Crippen LogP contribution in [0.2, 0.25) is 0 Å². The molecule has 2 heterocycles. The summed E-state index contributed by atoms with van der Waals surface area (Å²) >= 11 is 0. The molecule has 2 aliphatic rings. The van der Waals surface area contributed by atoms with Crippen molar-refractivity contribution in [1.29, 1.82) is 0 Å². The Balaban J connectivity index is 1.84. The highest BCUT2D eigenvalue weighted by molar-refractivity contribution is 5.94. The van der Waals surface area contributed by atoms with Crippen LogP contribution in [-0.2, 0) is 0 Å². The minimum absolute atomic E-state index is 0.0962. The van der Waals surface area contributed by atoms with Gasteiger partial charge in [-0.05, 0) is 25.0 Å². The molecule has 5 heteroatoms. The number of aliphatic imine (C=N–C) groups is 1. The van der Waals surface area contributed by atoms with Gasteiger partial charge in [-0.3, -0.25) is 9.88 Å². The van der Waals surface area contributed by atoms with Gasteiger partial charge in [-0.2, -0.15) is 0 Å². The number of guanidine groups is 1. The van der Waals surface area contributed by atoms with Crippen LogP contribution in [-0.4, -0.2) is 15.5 Å². The first-order valence-electron chi connectivity index (χ1n) is 7.40. The largest absolute Gasteiger partial charge is 0.370 e. The molecule has 0 amide bonds. The van der Waals surface area contributed by atoms with E-state index >= 15 is 0 Å². The van der Waals surface area contributed by atoms with Crippen LogP contribution in [0.4, 0.5) is 5.95 Å². The van der Waals surface area contributed by atoms with E-state index in [2.05, 4.69) is 32.0 Å². The van der Waals surface area contributed by atoms with Crippen molar-refractivity contribution in [3.8, 4) is 0 Å². The molecule has 1 unspecified atom stereocenters. The van der Waals surface area contributed by atoms with Crippen LogP contribution in [0.1, 0.15) is 38.3 Å². The Bertz CT molecular complexity index is 666. The van der Waals surface area contributed by atoms with E-state index in [1.54, 1.807) is 0 Å². The average Bonchev–Trinajstić information content (AvgIpc) is 2.85. The molecular formula is C15H19N5. The van der Waals surface area contributed by atoms with Crippen LogP contribution in [0.15, 0.2) is 29.3 Å². The number of nitrogens with two attached hydrogens (primary N) is 1. The van der Waals surface area contributed by atoms with Gasteiger partial charge >= 0.3 is 0 Å². The van der Waals surface area contributed by atoms with Gasteiger partial charge in [0.15, 0.2) is 5.96 Å². The normalized spacial score (nSPS) is 23.2. The van der Waals surface area contributed by atoms with E-state index in [-0.39, 0.29) is 6.17 Å². The molecule has 1 aliphatic heterocycles. The van der Waals surface area contributed by atoms with Gasteiger partial charge in [0.25, 0.3) is 0 Å². The quantitative estimate of drug-likeness (QED) is 0.836. The Labute approximate surface area is 117 Å². The monoisotopic (exact) mass is 269 g/mol. The molecule has 20 heavy (non-hydrogen) atoms. The third kappa shape index (κ3) is 1.77. The Hall–Kier alpha value is -2.04. The summed E-state index contributed by atoms with van der Waals surface area (Å²) in [6.45, 7) is 0. The fourth-order valence-electron chi connectivity index (χ4n) is 3.50. The first-order chi connectivity index (χ1) is 9.83. The standard InChI is InChI=1S/C15H19N5/c16-14-18-13(10-6-2-1-3-7-10)20-12-9-5-4-8-11(12)17-15(20)19-14/h4-5,8-10,13H,1-3,6-7H2,(H3,16,17,18,19).